The molecule has 1 aromatic rings. The van der Waals surface area contributed by atoms with Crippen molar-refractivity contribution in [2.24, 2.45) is 0 Å². The predicted molar refractivity (Wildman–Crippen MR) is 62.9 cm³/mol. The Morgan fingerprint density at radius 1 is 0.929 bits per heavy atom. The van der Waals surface area contributed by atoms with Gasteiger partial charge in [0, 0.05) is 22.2 Å². The van der Waals surface area contributed by atoms with Crippen molar-refractivity contribution in [2.75, 3.05) is 0 Å². The first-order valence-electron chi connectivity index (χ1n) is 5.33. The predicted octanol–water partition coefficient (Wildman–Crippen LogP) is 3.92. The van der Waals surface area contributed by atoms with Crippen molar-refractivity contribution in [2.45, 2.75) is 59.3 Å². The van der Waals surface area contributed by atoms with E-state index in [4.69, 9.17) is 0 Å². The Kier molecular flexibility index (Phi) is 2.55. The van der Waals surface area contributed by atoms with Gasteiger partial charge in [-0.2, -0.15) is 0 Å². The first-order valence-corrected chi connectivity index (χ1v) is 5.33. The van der Waals surface area contributed by atoms with Crippen LogP contribution in [0.25, 0.3) is 0 Å². The Hall–Kier alpha value is -0.720. The lowest BCUT2D eigenvalue weighted by Crippen LogP contribution is -2.15. The smallest absolute Gasteiger partial charge is 0.0233 e. The summed E-state index contributed by atoms with van der Waals surface area (Å²) in [5.41, 5.74) is 4.51. The maximum absolute atomic E-state index is 3.56. The monoisotopic (exact) mass is 193 g/mol. The van der Waals surface area contributed by atoms with E-state index in [2.05, 4.69) is 59.5 Å². The summed E-state index contributed by atoms with van der Waals surface area (Å²) in [6.45, 7) is 15.7. The molecular formula is C13H23N. The number of nitrogens with one attached hydrogen (secondary N) is 1. The van der Waals surface area contributed by atoms with E-state index < -0.39 is 0 Å². The molecule has 0 bridgehead atoms. The van der Waals surface area contributed by atoms with Crippen LogP contribution in [0.3, 0.4) is 0 Å². The number of rotatable bonds is 0. The van der Waals surface area contributed by atoms with E-state index in [1.54, 1.807) is 0 Å². The molecule has 0 unspecified atom stereocenters. The average Bonchev–Trinajstić information content (AvgIpc) is 2.27. The van der Waals surface area contributed by atoms with Crippen LogP contribution < -0.4 is 0 Å². The molecule has 0 aliphatic rings. The van der Waals surface area contributed by atoms with Crippen molar-refractivity contribution < 1.29 is 0 Å². The molecule has 0 amide bonds. The average molecular weight is 193 g/mol. The van der Waals surface area contributed by atoms with Crippen LogP contribution in [-0.2, 0) is 10.8 Å². The second kappa shape index (κ2) is 3.15. The van der Waals surface area contributed by atoms with Crippen molar-refractivity contribution in [3.63, 3.8) is 0 Å². The van der Waals surface area contributed by atoms with Gasteiger partial charge in [-0.3, -0.25) is 0 Å². The lowest BCUT2D eigenvalue weighted by molar-refractivity contribution is 0.542. The van der Waals surface area contributed by atoms with Gasteiger partial charge in [-0.15, -0.1) is 0 Å². The highest BCUT2D eigenvalue weighted by Crippen LogP contribution is 2.30. The summed E-state index contributed by atoms with van der Waals surface area (Å²) in [5.74, 6) is 0. The molecule has 0 aliphatic carbocycles. The Morgan fingerprint density at radius 3 is 1.64 bits per heavy atom. The van der Waals surface area contributed by atoms with Crippen molar-refractivity contribution in [3.05, 3.63) is 23.0 Å². The third-order valence-corrected chi connectivity index (χ3v) is 2.57. The minimum atomic E-state index is 0.216. The SMILES string of the molecule is Cc1cc(C(C)(C)C)[nH]c1C(C)(C)C. The van der Waals surface area contributed by atoms with Gasteiger partial charge in [-0.1, -0.05) is 41.5 Å². The highest BCUT2D eigenvalue weighted by Gasteiger charge is 2.23. The first-order chi connectivity index (χ1) is 6.12. The molecule has 0 saturated heterocycles. The zero-order valence-corrected chi connectivity index (χ0v) is 10.6. The van der Waals surface area contributed by atoms with Crippen molar-refractivity contribution >= 4 is 0 Å². The van der Waals surface area contributed by atoms with Gasteiger partial charge in [0.25, 0.3) is 0 Å². The fraction of sp³-hybridized carbons (Fsp3) is 0.692. The van der Waals surface area contributed by atoms with Crippen LogP contribution in [0.5, 0.6) is 0 Å². The molecule has 0 aliphatic heterocycles. The van der Waals surface area contributed by atoms with Crippen LogP contribution >= 0.6 is 0 Å². The fourth-order valence-electron chi connectivity index (χ4n) is 1.74. The van der Waals surface area contributed by atoms with E-state index in [9.17, 15) is 0 Å². The summed E-state index contributed by atoms with van der Waals surface area (Å²) in [4.78, 5) is 3.56. The number of hydrogen-bond acceptors (Lipinski definition) is 0. The third kappa shape index (κ3) is 2.20. The van der Waals surface area contributed by atoms with Gasteiger partial charge in [0.15, 0.2) is 0 Å². The normalized spacial score (nSPS) is 13.4. The molecule has 0 fully saturated rings. The number of aryl methyl sites for hydroxylation is 1. The molecule has 1 heteroatoms. The standard InChI is InChI=1S/C13H23N/c1-9-8-10(12(2,3)4)14-11(9)13(5,6)7/h8,14H,1-7H3. The highest BCUT2D eigenvalue weighted by molar-refractivity contribution is 5.32. The second-order valence-corrected chi connectivity index (χ2v) is 6.24. The number of H-pyrrole nitrogens is 1. The van der Waals surface area contributed by atoms with E-state index in [-0.39, 0.29) is 10.8 Å². The topological polar surface area (TPSA) is 15.8 Å². The summed E-state index contributed by atoms with van der Waals surface area (Å²) >= 11 is 0. The van der Waals surface area contributed by atoms with Gasteiger partial charge < -0.3 is 4.98 Å². The van der Waals surface area contributed by atoms with E-state index in [1.807, 2.05) is 0 Å². The first kappa shape index (κ1) is 11.4. The Bertz CT molecular complexity index is 318. The molecule has 0 radical (unpaired) electrons. The van der Waals surface area contributed by atoms with E-state index >= 15 is 0 Å². The van der Waals surface area contributed by atoms with Crippen LogP contribution in [0.15, 0.2) is 6.07 Å². The number of aromatic amines is 1. The summed E-state index contributed by atoms with van der Waals surface area (Å²) in [6, 6.07) is 2.28. The van der Waals surface area contributed by atoms with E-state index in [1.165, 1.54) is 17.0 Å². The second-order valence-electron chi connectivity index (χ2n) is 6.24. The minimum Gasteiger partial charge on any atom is -0.361 e. The maximum Gasteiger partial charge on any atom is 0.0233 e. The Balaban J connectivity index is 3.19. The van der Waals surface area contributed by atoms with Crippen LogP contribution in [0.4, 0.5) is 0 Å². The quantitative estimate of drug-likeness (QED) is 0.643. The van der Waals surface area contributed by atoms with Gasteiger partial charge in [0.2, 0.25) is 0 Å². The Morgan fingerprint density at radius 2 is 1.43 bits per heavy atom. The van der Waals surface area contributed by atoms with Crippen LogP contribution in [-0.4, -0.2) is 4.98 Å². The van der Waals surface area contributed by atoms with E-state index in [0.29, 0.717) is 0 Å². The molecule has 14 heavy (non-hydrogen) atoms. The van der Waals surface area contributed by atoms with Gasteiger partial charge in [0.05, 0.1) is 0 Å². The van der Waals surface area contributed by atoms with Gasteiger partial charge >= 0.3 is 0 Å². The van der Waals surface area contributed by atoms with Gasteiger partial charge in [-0.05, 0) is 18.6 Å². The fourth-order valence-corrected chi connectivity index (χ4v) is 1.74. The molecule has 0 aromatic carbocycles. The molecule has 1 heterocycles. The van der Waals surface area contributed by atoms with Crippen LogP contribution in [0.1, 0.15) is 58.5 Å². The van der Waals surface area contributed by atoms with Crippen LogP contribution in [0.2, 0.25) is 0 Å². The zero-order chi connectivity index (χ0) is 11.1. The van der Waals surface area contributed by atoms with E-state index in [0.717, 1.165) is 0 Å². The van der Waals surface area contributed by atoms with Crippen molar-refractivity contribution in [1.29, 1.82) is 0 Å². The summed E-state index contributed by atoms with van der Waals surface area (Å²) in [6.07, 6.45) is 0. The number of hydrogen-bond donors (Lipinski definition) is 1. The molecule has 1 aromatic heterocycles. The summed E-state index contributed by atoms with van der Waals surface area (Å²) in [5, 5.41) is 0. The number of aromatic nitrogens is 1. The summed E-state index contributed by atoms with van der Waals surface area (Å²) < 4.78 is 0. The molecule has 1 nitrogen and oxygen atoms in total. The minimum absolute atomic E-state index is 0.216. The molecule has 0 spiro atoms. The van der Waals surface area contributed by atoms with Crippen LogP contribution in [0, 0.1) is 6.92 Å². The molecular weight excluding hydrogens is 170 g/mol. The molecule has 0 atom stereocenters. The molecule has 1 rings (SSSR count). The largest absolute Gasteiger partial charge is 0.361 e. The van der Waals surface area contributed by atoms with Gasteiger partial charge in [-0.25, -0.2) is 0 Å². The Labute approximate surface area is 87.9 Å². The van der Waals surface area contributed by atoms with Crippen molar-refractivity contribution in [3.8, 4) is 0 Å². The maximum atomic E-state index is 3.56. The lowest BCUT2D eigenvalue weighted by Gasteiger charge is -2.20. The molecule has 1 N–H and O–H groups in total. The highest BCUT2D eigenvalue weighted by atomic mass is 14.8. The molecule has 0 saturated carbocycles. The third-order valence-electron chi connectivity index (χ3n) is 2.57. The summed E-state index contributed by atoms with van der Waals surface area (Å²) in [7, 11) is 0. The van der Waals surface area contributed by atoms with Gasteiger partial charge in [0.1, 0.15) is 0 Å². The van der Waals surface area contributed by atoms with Crippen molar-refractivity contribution in [1.82, 2.24) is 4.98 Å². The lowest BCUT2D eigenvalue weighted by atomic mass is 9.90. The molecule has 80 valence electrons. The zero-order valence-electron chi connectivity index (χ0n) is 10.6.